The Labute approximate surface area is 118 Å². The molecule has 0 bridgehead atoms. The maximum atomic E-state index is 10.9. The van der Waals surface area contributed by atoms with Gasteiger partial charge in [-0.25, -0.2) is 9.78 Å². The summed E-state index contributed by atoms with van der Waals surface area (Å²) in [4.78, 5) is 26.0. The minimum absolute atomic E-state index is 0.0337. The van der Waals surface area contributed by atoms with Crippen molar-refractivity contribution in [2.75, 3.05) is 0 Å². The summed E-state index contributed by atoms with van der Waals surface area (Å²) in [5.74, 6) is -1.000. The average molecular weight is 290 g/mol. The van der Waals surface area contributed by atoms with E-state index in [0.29, 0.717) is 15.6 Å². The number of hydrogen-bond donors (Lipinski definition) is 1. The van der Waals surface area contributed by atoms with Gasteiger partial charge in [-0.05, 0) is 31.2 Å². The second-order valence-electron chi connectivity index (χ2n) is 3.95. The zero-order valence-corrected chi connectivity index (χ0v) is 11.3. The van der Waals surface area contributed by atoms with Gasteiger partial charge in [0, 0.05) is 11.0 Å². The monoisotopic (exact) mass is 290 g/mol. The van der Waals surface area contributed by atoms with E-state index in [4.69, 9.17) is 5.11 Å². The van der Waals surface area contributed by atoms with E-state index >= 15 is 0 Å². The SMILES string of the molecule is Cc1nc(Sc2cccc(C(=O)O)c2)ccc1[N+](=O)[O-]. The first-order valence-corrected chi connectivity index (χ1v) is 6.42. The van der Waals surface area contributed by atoms with Gasteiger partial charge in [0.1, 0.15) is 10.7 Å². The highest BCUT2D eigenvalue weighted by molar-refractivity contribution is 7.99. The summed E-state index contributed by atoms with van der Waals surface area (Å²) >= 11 is 1.26. The van der Waals surface area contributed by atoms with Crippen LogP contribution in [-0.4, -0.2) is 21.0 Å². The van der Waals surface area contributed by atoms with Gasteiger partial charge in [0.15, 0.2) is 0 Å². The molecule has 0 unspecified atom stereocenters. The van der Waals surface area contributed by atoms with Crippen molar-refractivity contribution in [2.45, 2.75) is 16.8 Å². The van der Waals surface area contributed by atoms with Crippen molar-refractivity contribution < 1.29 is 14.8 Å². The Kier molecular flexibility index (Phi) is 3.99. The summed E-state index contributed by atoms with van der Waals surface area (Å²) in [6.45, 7) is 1.57. The summed E-state index contributed by atoms with van der Waals surface area (Å²) in [6.07, 6.45) is 0. The molecule has 0 saturated heterocycles. The van der Waals surface area contributed by atoms with Crippen LogP contribution >= 0.6 is 11.8 Å². The standard InChI is InChI=1S/C13H10N2O4S/c1-8-11(15(18)19)5-6-12(14-8)20-10-4-2-3-9(7-10)13(16)17/h2-7H,1H3,(H,16,17). The fourth-order valence-electron chi connectivity index (χ4n) is 1.59. The Morgan fingerprint density at radius 1 is 1.35 bits per heavy atom. The molecule has 0 spiro atoms. The summed E-state index contributed by atoms with van der Waals surface area (Å²) in [5.41, 5.74) is 0.483. The third-order valence-corrected chi connectivity index (χ3v) is 3.46. The summed E-state index contributed by atoms with van der Waals surface area (Å²) in [6, 6.07) is 9.38. The van der Waals surface area contributed by atoms with Crippen molar-refractivity contribution in [1.82, 2.24) is 4.98 Å². The molecular weight excluding hydrogens is 280 g/mol. The van der Waals surface area contributed by atoms with Crippen LogP contribution in [0.4, 0.5) is 5.69 Å². The molecule has 1 N–H and O–H groups in total. The Morgan fingerprint density at radius 3 is 2.70 bits per heavy atom. The Morgan fingerprint density at radius 2 is 2.10 bits per heavy atom. The van der Waals surface area contributed by atoms with Crippen LogP contribution in [0.3, 0.4) is 0 Å². The quantitative estimate of drug-likeness (QED) is 0.686. The van der Waals surface area contributed by atoms with E-state index in [1.54, 1.807) is 25.1 Å². The van der Waals surface area contributed by atoms with Crippen LogP contribution in [0, 0.1) is 17.0 Å². The third kappa shape index (κ3) is 3.12. The van der Waals surface area contributed by atoms with Crippen molar-refractivity contribution in [3.05, 3.63) is 57.8 Å². The van der Waals surface area contributed by atoms with Crippen LogP contribution in [0.15, 0.2) is 46.3 Å². The molecule has 0 atom stereocenters. The molecular formula is C13H10N2O4S. The van der Waals surface area contributed by atoms with Gasteiger partial charge in [0.05, 0.1) is 10.5 Å². The van der Waals surface area contributed by atoms with Crippen molar-refractivity contribution in [2.24, 2.45) is 0 Å². The van der Waals surface area contributed by atoms with E-state index in [9.17, 15) is 14.9 Å². The molecule has 7 heteroatoms. The molecule has 6 nitrogen and oxygen atoms in total. The number of carbonyl (C=O) groups is 1. The molecule has 1 aromatic heterocycles. The zero-order valence-electron chi connectivity index (χ0n) is 10.4. The summed E-state index contributed by atoms with van der Waals surface area (Å²) < 4.78 is 0. The third-order valence-electron chi connectivity index (χ3n) is 2.53. The van der Waals surface area contributed by atoms with E-state index in [2.05, 4.69) is 4.98 Å². The number of benzene rings is 1. The molecule has 2 aromatic rings. The molecule has 0 saturated carbocycles. The maximum Gasteiger partial charge on any atom is 0.335 e. The largest absolute Gasteiger partial charge is 0.478 e. The number of hydrogen-bond acceptors (Lipinski definition) is 5. The van der Waals surface area contributed by atoms with E-state index in [-0.39, 0.29) is 11.3 Å². The van der Waals surface area contributed by atoms with Crippen LogP contribution in [0.25, 0.3) is 0 Å². The fourth-order valence-corrected chi connectivity index (χ4v) is 2.49. The summed E-state index contributed by atoms with van der Waals surface area (Å²) in [7, 11) is 0. The van der Waals surface area contributed by atoms with E-state index in [1.807, 2.05) is 0 Å². The molecule has 102 valence electrons. The van der Waals surface area contributed by atoms with Crippen molar-refractivity contribution >= 4 is 23.4 Å². The van der Waals surface area contributed by atoms with Crippen molar-refractivity contribution in [3.63, 3.8) is 0 Å². The molecule has 0 amide bonds. The van der Waals surface area contributed by atoms with Crippen LogP contribution in [0.1, 0.15) is 16.1 Å². The summed E-state index contributed by atoms with van der Waals surface area (Å²) in [5, 5.41) is 20.2. The van der Waals surface area contributed by atoms with Gasteiger partial charge in [-0.2, -0.15) is 0 Å². The average Bonchev–Trinajstić information content (AvgIpc) is 2.38. The fraction of sp³-hybridized carbons (Fsp3) is 0.0769. The van der Waals surface area contributed by atoms with Crippen LogP contribution < -0.4 is 0 Å². The first-order valence-electron chi connectivity index (χ1n) is 5.60. The predicted octanol–water partition coefficient (Wildman–Crippen LogP) is 3.15. The van der Waals surface area contributed by atoms with E-state index in [0.717, 1.165) is 0 Å². The van der Waals surface area contributed by atoms with Gasteiger partial charge in [-0.3, -0.25) is 10.1 Å². The number of aromatic carboxylic acids is 1. The van der Waals surface area contributed by atoms with Gasteiger partial charge in [-0.15, -0.1) is 0 Å². The van der Waals surface area contributed by atoms with Crippen LogP contribution in [0.2, 0.25) is 0 Å². The molecule has 0 aliphatic carbocycles. The Balaban J connectivity index is 2.26. The van der Waals surface area contributed by atoms with Gasteiger partial charge in [0.25, 0.3) is 5.69 Å². The van der Waals surface area contributed by atoms with Gasteiger partial charge in [0.2, 0.25) is 0 Å². The van der Waals surface area contributed by atoms with Gasteiger partial charge >= 0.3 is 5.97 Å². The second-order valence-corrected chi connectivity index (χ2v) is 5.04. The predicted molar refractivity (Wildman–Crippen MR) is 73.2 cm³/mol. The molecule has 0 fully saturated rings. The number of nitrogens with zero attached hydrogens (tertiary/aromatic N) is 2. The van der Waals surface area contributed by atoms with Crippen molar-refractivity contribution in [1.29, 1.82) is 0 Å². The lowest BCUT2D eigenvalue weighted by atomic mass is 10.2. The minimum Gasteiger partial charge on any atom is -0.478 e. The molecule has 0 radical (unpaired) electrons. The lowest BCUT2D eigenvalue weighted by molar-refractivity contribution is -0.385. The first kappa shape index (κ1) is 14.0. The lowest BCUT2D eigenvalue weighted by Gasteiger charge is -2.03. The minimum atomic E-state index is -1.000. The first-order chi connectivity index (χ1) is 9.47. The molecule has 1 aromatic carbocycles. The maximum absolute atomic E-state index is 10.9. The van der Waals surface area contributed by atoms with Crippen LogP contribution in [-0.2, 0) is 0 Å². The zero-order chi connectivity index (χ0) is 14.7. The van der Waals surface area contributed by atoms with Gasteiger partial charge in [-0.1, -0.05) is 17.8 Å². The highest BCUT2D eigenvalue weighted by Crippen LogP contribution is 2.28. The Bertz CT molecular complexity index is 688. The normalized spacial score (nSPS) is 10.2. The molecule has 0 aliphatic rings. The molecule has 20 heavy (non-hydrogen) atoms. The van der Waals surface area contributed by atoms with Gasteiger partial charge < -0.3 is 5.11 Å². The number of aromatic nitrogens is 1. The number of carboxylic acid groups (broad SMARTS) is 1. The number of pyridine rings is 1. The second kappa shape index (κ2) is 5.70. The van der Waals surface area contributed by atoms with Crippen molar-refractivity contribution in [3.8, 4) is 0 Å². The number of nitro groups is 1. The van der Waals surface area contributed by atoms with Crippen LogP contribution in [0.5, 0.6) is 0 Å². The van der Waals surface area contributed by atoms with E-state index < -0.39 is 10.9 Å². The molecule has 0 aliphatic heterocycles. The lowest BCUT2D eigenvalue weighted by Crippen LogP contribution is -1.96. The highest BCUT2D eigenvalue weighted by Gasteiger charge is 2.12. The smallest absolute Gasteiger partial charge is 0.335 e. The number of rotatable bonds is 4. The molecule has 2 rings (SSSR count). The Hall–Kier alpha value is -2.41. The topological polar surface area (TPSA) is 93.3 Å². The van der Waals surface area contributed by atoms with E-state index in [1.165, 1.54) is 30.0 Å². The molecule has 1 heterocycles. The number of aryl methyl sites for hydroxylation is 1. The highest BCUT2D eigenvalue weighted by atomic mass is 32.2. The number of carboxylic acids is 1.